The molecule has 0 unspecified atom stereocenters. The summed E-state index contributed by atoms with van der Waals surface area (Å²) in [6, 6.07) is 5.18. The van der Waals surface area contributed by atoms with E-state index in [1.807, 2.05) is 32.0 Å². The van der Waals surface area contributed by atoms with Gasteiger partial charge in [-0.05, 0) is 30.5 Å². The van der Waals surface area contributed by atoms with Gasteiger partial charge in [0.1, 0.15) is 12.6 Å². The van der Waals surface area contributed by atoms with Crippen molar-refractivity contribution >= 4 is 11.9 Å². The van der Waals surface area contributed by atoms with Crippen molar-refractivity contribution in [2.45, 2.75) is 26.3 Å². The Hall–Kier alpha value is -1.92. The fraction of sp³-hybridized carbons (Fsp3) is 0.529. The number of hydrogen-bond donors (Lipinski definition) is 1. The predicted molar refractivity (Wildman–Crippen MR) is 86.3 cm³/mol. The van der Waals surface area contributed by atoms with Crippen molar-refractivity contribution in [3.63, 3.8) is 0 Å². The highest BCUT2D eigenvalue weighted by atomic mass is 16.5. The Bertz CT molecular complexity index is 509. The Labute approximate surface area is 137 Å². The maximum Gasteiger partial charge on any atom is 0.328 e. The van der Waals surface area contributed by atoms with Crippen LogP contribution in [0.3, 0.4) is 0 Å². The molecule has 0 aromatic heterocycles. The van der Waals surface area contributed by atoms with E-state index in [4.69, 9.17) is 14.2 Å². The molecule has 0 saturated heterocycles. The van der Waals surface area contributed by atoms with Gasteiger partial charge in [-0.3, -0.25) is 4.79 Å². The molecule has 1 N–H and O–H groups in total. The molecule has 0 aliphatic carbocycles. The summed E-state index contributed by atoms with van der Waals surface area (Å²) >= 11 is 0. The van der Waals surface area contributed by atoms with Crippen LogP contribution in [0, 0.1) is 13.8 Å². The van der Waals surface area contributed by atoms with Crippen molar-refractivity contribution in [1.29, 1.82) is 0 Å². The van der Waals surface area contributed by atoms with Gasteiger partial charge in [0.05, 0.1) is 20.3 Å². The number of carbonyl (C=O) groups is 2. The first-order valence-electron chi connectivity index (χ1n) is 7.48. The van der Waals surface area contributed by atoms with Gasteiger partial charge < -0.3 is 19.5 Å². The van der Waals surface area contributed by atoms with Crippen LogP contribution >= 0.6 is 0 Å². The molecule has 0 spiro atoms. The van der Waals surface area contributed by atoms with Crippen molar-refractivity contribution in [2.24, 2.45) is 0 Å². The zero-order chi connectivity index (χ0) is 17.2. The molecule has 0 aliphatic heterocycles. The molecule has 0 heterocycles. The van der Waals surface area contributed by atoms with E-state index in [-0.39, 0.29) is 12.5 Å². The SMILES string of the molecule is COCCOCC(=O)N[C@H](Cc1c(C)cccc1C)C(=O)OC. The smallest absolute Gasteiger partial charge is 0.328 e. The van der Waals surface area contributed by atoms with Crippen LogP contribution in [-0.2, 0) is 30.2 Å². The maximum absolute atomic E-state index is 12.0. The molecule has 0 aliphatic rings. The van der Waals surface area contributed by atoms with Crippen molar-refractivity contribution in [1.82, 2.24) is 5.32 Å². The first kappa shape index (κ1) is 19.1. The second-order valence-electron chi connectivity index (χ2n) is 5.26. The lowest BCUT2D eigenvalue weighted by molar-refractivity contribution is -0.145. The topological polar surface area (TPSA) is 73.9 Å². The third-order valence-corrected chi connectivity index (χ3v) is 3.54. The highest BCUT2D eigenvalue weighted by Gasteiger charge is 2.23. The van der Waals surface area contributed by atoms with E-state index in [1.54, 1.807) is 7.11 Å². The van der Waals surface area contributed by atoms with Gasteiger partial charge in [-0.25, -0.2) is 4.79 Å². The summed E-state index contributed by atoms with van der Waals surface area (Å²) in [4.78, 5) is 23.9. The van der Waals surface area contributed by atoms with Gasteiger partial charge in [-0.2, -0.15) is 0 Å². The van der Waals surface area contributed by atoms with E-state index in [9.17, 15) is 9.59 Å². The van der Waals surface area contributed by atoms with Crippen LogP contribution in [0.25, 0.3) is 0 Å². The van der Waals surface area contributed by atoms with E-state index in [2.05, 4.69) is 5.32 Å². The summed E-state index contributed by atoms with van der Waals surface area (Å²) < 4.78 is 14.8. The van der Waals surface area contributed by atoms with Crippen molar-refractivity contribution in [3.05, 3.63) is 34.9 Å². The number of carbonyl (C=O) groups excluding carboxylic acids is 2. The summed E-state index contributed by atoms with van der Waals surface area (Å²) in [5.74, 6) is -0.833. The Morgan fingerprint density at radius 3 is 2.35 bits per heavy atom. The molecule has 23 heavy (non-hydrogen) atoms. The van der Waals surface area contributed by atoms with Crippen LogP contribution in [0.15, 0.2) is 18.2 Å². The first-order chi connectivity index (χ1) is 11.0. The van der Waals surface area contributed by atoms with Crippen LogP contribution < -0.4 is 5.32 Å². The molecule has 128 valence electrons. The lowest BCUT2D eigenvalue weighted by Crippen LogP contribution is -2.44. The van der Waals surface area contributed by atoms with Crippen LogP contribution in [0.5, 0.6) is 0 Å². The van der Waals surface area contributed by atoms with Crippen LogP contribution in [-0.4, -0.2) is 52.0 Å². The fourth-order valence-electron chi connectivity index (χ4n) is 2.25. The summed E-state index contributed by atoms with van der Waals surface area (Å²) in [6.45, 7) is 4.57. The average Bonchev–Trinajstić information content (AvgIpc) is 2.53. The summed E-state index contributed by atoms with van der Waals surface area (Å²) in [7, 11) is 2.86. The molecule has 6 nitrogen and oxygen atoms in total. The quantitative estimate of drug-likeness (QED) is 0.545. The molecule has 1 aromatic carbocycles. The van der Waals surface area contributed by atoms with Crippen LogP contribution in [0.4, 0.5) is 0 Å². The van der Waals surface area contributed by atoms with Crippen molar-refractivity contribution in [2.75, 3.05) is 34.0 Å². The minimum absolute atomic E-state index is 0.121. The summed E-state index contributed by atoms with van der Waals surface area (Å²) in [5, 5.41) is 2.67. The number of ether oxygens (including phenoxy) is 3. The lowest BCUT2D eigenvalue weighted by atomic mass is 9.96. The van der Waals surface area contributed by atoms with Gasteiger partial charge in [0.15, 0.2) is 0 Å². The Morgan fingerprint density at radius 2 is 1.78 bits per heavy atom. The standard InChI is InChI=1S/C17H25NO5/c1-12-6-5-7-13(2)14(12)10-15(17(20)22-4)18-16(19)11-23-9-8-21-3/h5-7,15H,8-11H2,1-4H3,(H,18,19)/t15-/m1/s1. The third kappa shape index (κ3) is 6.38. The van der Waals surface area contributed by atoms with E-state index in [1.165, 1.54) is 7.11 Å². The maximum atomic E-state index is 12.0. The fourth-order valence-corrected chi connectivity index (χ4v) is 2.25. The minimum atomic E-state index is -0.738. The number of benzene rings is 1. The van der Waals surface area contributed by atoms with Crippen LogP contribution in [0.2, 0.25) is 0 Å². The third-order valence-electron chi connectivity index (χ3n) is 3.54. The Kier molecular flexibility index (Phi) is 8.29. The van der Waals surface area contributed by atoms with Gasteiger partial charge in [0.2, 0.25) is 5.91 Å². The van der Waals surface area contributed by atoms with Gasteiger partial charge in [0.25, 0.3) is 0 Å². The molecule has 1 atom stereocenters. The average molecular weight is 323 g/mol. The largest absolute Gasteiger partial charge is 0.467 e. The molecule has 0 saturated carbocycles. The minimum Gasteiger partial charge on any atom is -0.467 e. The number of esters is 1. The van der Waals surface area contributed by atoms with E-state index >= 15 is 0 Å². The van der Waals surface area contributed by atoms with Gasteiger partial charge >= 0.3 is 5.97 Å². The number of methoxy groups -OCH3 is 2. The van der Waals surface area contributed by atoms with Crippen LogP contribution in [0.1, 0.15) is 16.7 Å². The number of amides is 1. The second kappa shape index (κ2) is 9.97. The number of aryl methyl sites for hydroxylation is 2. The highest BCUT2D eigenvalue weighted by molar-refractivity contribution is 5.85. The zero-order valence-electron chi connectivity index (χ0n) is 14.2. The predicted octanol–water partition coefficient (Wildman–Crippen LogP) is 1.17. The molecule has 0 radical (unpaired) electrons. The molecule has 6 heteroatoms. The second-order valence-corrected chi connectivity index (χ2v) is 5.26. The summed E-state index contributed by atoms with van der Waals surface area (Å²) in [6.07, 6.45) is 0.384. The summed E-state index contributed by atoms with van der Waals surface area (Å²) in [5.41, 5.74) is 3.18. The highest BCUT2D eigenvalue weighted by Crippen LogP contribution is 2.16. The molecule has 1 aromatic rings. The zero-order valence-corrected chi connectivity index (χ0v) is 14.2. The van der Waals surface area contributed by atoms with E-state index in [0.29, 0.717) is 19.6 Å². The van der Waals surface area contributed by atoms with Crippen molar-refractivity contribution < 1.29 is 23.8 Å². The molecular weight excluding hydrogens is 298 g/mol. The molecule has 0 bridgehead atoms. The molecule has 1 rings (SSSR count). The molecular formula is C17H25NO5. The van der Waals surface area contributed by atoms with Gasteiger partial charge in [-0.1, -0.05) is 18.2 Å². The van der Waals surface area contributed by atoms with Crippen molar-refractivity contribution in [3.8, 4) is 0 Å². The Balaban J connectivity index is 2.70. The monoisotopic (exact) mass is 323 g/mol. The van der Waals surface area contributed by atoms with Gasteiger partial charge in [-0.15, -0.1) is 0 Å². The number of rotatable bonds is 9. The number of nitrogens with one attached hydrogen (secondary N) is 1. The first-order valence-corrected chi connectivity index (χ1v) is 7.48. The van der Waals surface area contributed by atoms with Gasteiger partial charge in [0, 0.05) is 13.5 Å². The molecule has 1 amide bonds. The van der Waals surface area contributed by atoms with E-state index in [0.717, 1.165) is 16.7 Å². The lowest BCUT2D eigenvalue weighted by Gasteiger charge is -2.19. The van der Waals surface area contributed by atoms with E-state index < -0.39 is 12.0 Å². The molecule has 0 fully saturated rings. The Morgan fingerprint density at radius 1 is 1.13 bits per heavy atom. The number of hydrogen-bond acceptors (Lipinski definition) is 5. The normalized spacial score (nSPS) is 11.8.